The quantitative estimate of drug-likeness (QED) is 0.531. The summed E-state index contributed by atoms with van der Waals surface area (Å²) in [4.78, 5) is 28.2. The van der Waals surface area contributed by atoms with Crippen LogP contribution in [0.1, 0.15) is 17.7 Å². The number of amides is 1. The number of nitrogens with zero attached hydrogens (tertiary/aromatic N) is 5. The van der Waals surface area contributed by atoms with Gasteiger partial charge in [0, 0.05) is 17.6 Å². The fraction of sp³-hybridized carbons (Fsp3) is 0.217. The van der Waals surface area contributed by atoms with Crippen molar-refractivity contribution in [3.63, 3.8) is 0 Å². The van der Waals surface area contributed by atoms with Crippen molar-refractivity contribution < 1.29 is 4.79 Å². The summed E-state index contributed by atoms with van der Waals surface area (Å²) >= 11 is 0. The monoisotopic (exact) mass is 399 g/mol. The van der Waals surface area contributed by atoms with Crippen molar-refractivity contribution in [3.05, 3.63) is 82.4 Å². The summed E-state index contributed by atoms with van der Waals surface area (Å²) in [7, 11) is 0. The summed E-state index contributed by atoms with van der Waals surface area (Å²) in [5, 5.41) is 9.49. The minimum atomic E-state index is -0.324. The number of carbonyl (C=O) groups excluding carboxylic acids is 1. The van der Waals surface area contributed by atoms with Crippen LogP contribution >= 0.6 is 0 Å². The van der Waals surface area contributed by atoms with Gasteiger partial charge in [-0.3, -0.25) is 9.59 Å². The lowest BCUT2D eigenvalue weighted by atomic mass is 10.0. The van der Waals surface area contributed by atoms with E-state index in [1.807, 2.05) is 61.5 Å². The van der Waals surface area contributed by atoms with Gasteiger partial charge in [-0.25, -0.2) is 9.36 Å². The Hall–Kier alpha value is -3.74. The molecular formula is C23H21N5O2. The van der Waals surface area contributed by atoms with Crippen molar-refractivity contribution in [2.24, 2.45) is 0 Å². The molecule has 1 amide bonds. The number of para-hydroxylation sites is 2. The van der Waals surface area contributed by atoms with Crippen LogP contribution in [0.25, 0.3) is 16.6 Å². The number of hydrogen-bond donors (Lipinski definition) is 0. The number of rotatable bonds is 3. The van der Waals surface area contributed by atoms with Crippen LogP contribution in [-0.4, -0.2) is 32.0 Å². The molecule has 30 heavy (non-hydrogen) atoms. The predicted octanol–water partition coefficient (Wildman–Crippen LogP) is 2.87. The number of fused-ring (bicyclic) bond motifs is 2. The first-order chi connectivity index (χ1) is 14.6. The zero-order valence-corrected chi connectivity index (χ0v) is 16.7. The van der Waals surface area contributed by atoms with Crippen molar-refractivity contribution >= 4 is 22.5 Å². The van der Waals surface area contributed by atoms with Gasteiger partial charge in [-0.1, -0.05) is 36.4 Å². The smallest absolute Gasteiger partial charge is 0.293 e. The summed E-state index contributed by atoms with van der Waals surface area (Å²) in [5.41, 5.74) is 3.65. The fourth-order valence-electron chi connectivity index (χ4n) is 4.10. The molecule has 0 fully saturated rings. The van der Waals surface area contributed by atoms with Crippen LogP contribution in [0, 0.1) is 6.92 Å². The fourth-order valence-corrected chi connectivity index (χ4v) is 4.10. The number of aromatic nitrogens is 4. The summed E-state index contributed by atoms with van der Waals surface area (Å²) in [6.45, 7) is 2.37. The summed E-state index contributed by atoms with van der Waals surface area (Å²) in [6.07, 6.45) is 3.52. The molecule has 1 aliphatic heterocycles. The van der Waals surface area contributed by atoms with E-state index in [1.54, 1.807) is 15.8 Å². The van der Waals surface area contributed by atoms with Gasteiger partial charge in [0.2, 0.25) is 5.91 Å². The highest BCUT2D eigenvalue weighted by Gasteiger charge is 2.24. The number of aryl methyl sites for hydroxylation is 2. The molecule has 2 aromatic carbocycles. The highest BCUT2D eigenvalue weighted by Crippen LogP contribution is 2.27. The summed E-state index contributed by atoms with van der Waals surface area (Å²) in [5.74, 6) is -0.138. The van der Waals surface area contributed by atoms with Crippen molar-refractivity contribution in [2.75, 3.05) is 11.4 Å². The molecule has 0 saturated heterocycles. The van der Waals surface area contributed by atoms with Crippen LogP contribution in [0.15, 0.2) is 65.6 Å². The van der Waals surface area contributed by atoms with E-state index in [0.29, 0.717) is 23.1 Å². The van der Waals surface area contributed by atoms with Gasteiger partial charge >= 0.3 is 0 Å². The van der Waals surface area contributed by atoms with Gasteiger partial charge in [-0.15, -0.1) is 0 Å². The molecule has 0 spiro atoms. The Morgan fingerprint density at radius 2 is 1.83 bits per heavy atom. The Kier molecular flexibility index (Phi) is 4.43. The van der Waals surface area contributed by atoms with Gasteiger partial charge < -0.3 is 4.90 Å². The molecule has 0 unspecified atom stereocenters. The van der Waals surface area contributed by atoms with Gasteiger partial charge in [0.15, 0.2) is 0 Å². The van der Waals surface area contributed by atoms with E-state index in [-0.39, 0.29) is 18.0 Å². The molecule has 4 aromatic rings. The number of benzene rings is 2. The van der Waals surface area contributed by atoms with Crippen LogP contribution in [0.5, 0.6) is 0 Å². The van der Waals surface area contributed by atoms with E-state index < -0.39 is 0 Å². The van der Waals surface area contributed by atoms with Crippen LogP contribution in [0.3, 0.4) is 0 Å². The number of anilines is 1. The molecule has 0 N–H and O–H groups in total. The Morgan fingerprint density at radius 3 is 2.67 bits per heavy atom. The molecule has 1 aliphatic rings. The molecule has 0 atom stereocenters. The molecule has 0 aliphatic carbocycles. The second kappa shape index (κ2) is 7.26. The van der Waals surface area contributed by atoms with E-state index in [2.05, 4.69) is 10.2 Å². The Morgan fingerprint density at radius 1 is 1.07 bits per heavy atom. The van der Waals surface area contributed by atoms with Gasteiger partial charge in [-0.05, 0) is 43.5 Å². The maximum Gasteiger partial charge on any atom is 0.293 e. The van der Waals surface area contributed by atoms with Crippen LogP contribution < -0.4 is 10.5 Å². The second-order valence-corrected chi connectivity index (χ2v) is 7.48. The van der Waals surface area contributed by atoms with Crippen LogP contribution in [-0.2, 0) is 17.8 Å². The van der Waals surface area contributed by atoms with Gasteiger partial charge in [0.1, 0.15) is 12.1 Å². The van der Waals surface area contributed by atoms with Crippen molar-refractivity contribution in [1.82, 2.24) is 19.6 Å². The topological polar surface area (TPSA) is 73.0 Å². The summed E-state index contributed by atoms with van der Waals surface area (Å²) in [6, 6.07) is 17.4. The standard InChI is InChI=1S/C23H21N5O2/c1-16-19-14-24-28(18-10-3-2-4-11-18)22(19)23(30)27(25-16)15-21(29)26-13-7-9-17-8-5-6-12-20(17)26/h2-6,8,10-12,14H,7,9,13,15H2,1H3. The van der Waals surface area contributed by atoms with Gasteiger partial charge in [0.25, 0.3) is 5.56 Å². The zero-order valence-electron chi connectivity index (χ0n) is 16.7. The molecule has 0 radical (unpaired) electrons. The highest BCUT2D eigenvalue weighted by molar-refractivity contribution is 5.94. The largest absolute Gasteiger partial charge is 0.311 e. The lowest BCUT2D eigenvalue weighted by Crippen LogP contribution is -2.40. The van der Waals surface area contributed by atoms with Crippen LogP contribution in [0.2, 0.25) is 0 Å². The number of carbonyl (C=O) groups is 1. The molecule has 7 nitrogen and oxygen atoms in total. The molecule has 5 rings (SSSR count). The second-order valence-electron chi connectivity index (χ2n) is 7.48. The highest BCUT2D eigenvalue weighted by atomic mass is 16.2. The molecule has 3 heterocycles. The Bertz CT molecular complexity index is 1310. The average molecular weight is 399 g/mol. The van der Waals surface area contributed by atoms with E-state index in [4.69, 9.17) is 0 Å². The molecule has 2 aromatic heterocycles. The first kappa shape index (κ1) is 18.3. The van der Waals surface area contributed by atoms with E-state index in [9.17, 15) is 9.59 Å². The molecular weight excluding hydrogens is 378 g/mol. The Labute approximate surface area is 173 Å². The maximum absolute atomic E-state index is 13.3. The average Bonchev–Trinajstić information content (AvgIpc) is 3.23. The lowest BCUT2D eigenvalue weighted by molar-refractivity contribution is -0.119. The molecule has 0 saturated carbocycles. The zero-order chi connectivity index (χ0) is 20.7. The lowest BCUT2D eigenvalue weighted by Gasteiger charge is -2.29. The molecule has 7 heteroatoms. The predicted molar refractivity (Wildman–Crippen MR) is 115 cm³/mol. The van der Waals surface area contributed by atoms with Crippen LogP contribution in [0.4, 0.5) is 5.69 Å². The van der Waals surface area contributed by atoms with E-state index >= 15 is 0 Å². The van der Waals surface area contributed by atoms with Gasteiger partial charge in [0.05, 0.1) is 17.6 Å². The first-order valence-corrected chi connectivity index (χ1v) is 10.0. The third-order valence-electron chi connectivity index (χ3n) is 5.56. The van der Waals surface area contributed by atoms with Crippen molar-refractivity contribution in [1.29, 1.82) is 0 Å². The van der Waals surface area contributed by atoms with E-state index in [1.165, 1.54) is 4.68 Å². The van der Waals surface area contributed by atoms with Crippen molar-refractivity contribution in [2.45, 2.75) is 26.3 Å². The minimum Gasteiger partial charge on any atom is -0.311 e. The third kappa shape index (κ3) is 2.99. The minimum absolute atomic E-state index is 0.107. The molecule has 0 bridgehead atoms. The summed E-state index contributed by atoms with van der Waals surface area (Å²) < 4.78 is 2.88. The molecule has 150 valence electrons. The maximum atomic E-state index is 13.3. The normalized spacial score (nSPS) is 13.4. The van der Waals surface area contributed by atoms with Crippen molar-refractivity contribution in [3.8, 4) is 5.69 Å². The van der Waals surface area contributed by atoms with Gasteiger partial charge in [-0.2, -0.15) is 10.2 Å². The SMILES string of the molecule is Cc1nn(CC(=O)N2CCCc3ccccc32)c(=O)c2c1cnn2-c1ccccc1. The first-order valence-electron chi connectivity index (χ1n) is 10.0. The Balaban J connectivity index is 1.55. The number of hydrogen-bond acceptors (Lipinski definition) is 4. The third-order valence-corrected chi connectivity index (χ3v) is 5.56. The van der Waals surface area contributed by atoms with E-state index in [0.717, 1.165) is 29.8 Å².